The first-order chi connectivity index (χ1) is 6.15. The highest BCUT2D eigenvalue weighted by Crippen LogP contribution is 2.07. The number of ether oxygens (including phenoxy) is 1. The number of pyridine rings is 1. The van der Waals surface area contributed by atoms with Crippen molar-refractivity contribution in [1.82, 2.24) is 4.57 Å². The van der Waals surface area contributed by atoms with Crippen molar-refractivity contribution in [1.29, 1.82) is 0 Å². The molecule has 0 amide bonds. The first-order valence-electron chi connectivity index (χ1n) is 3.79. The van der Waals surface area contributed by atoms with Gasteiger partial charge in [-0.05, 0) is 22.0 Å². The Labute approximate surface area is 84.4 Å². The molecule has 0 saturated heterocycles. The second kappa shape index (κ2) is 4.43. The smallest absolute Gasteiger partial charge is 0.265 e. The highest BCUT2D eigenvalue weighted by Gasteiger charge is 2.01. The van der Waals surface area contributed by atoms with Crippen molar-refractivity contribution in [2.75, 3.05) is 19.5 Å². The summed E-state index contributed by atoms with van der Waals surface area (Å²) in [5.74, 6) is 0. The fourth-order valence-corrected chi connectivity index (χ4v) is 1.47. The minimum atomic E-state index is -0.0914. The number of methoxy groups -OCH3 is 1. The molecule has 0 aliphatic carbocycles. The highest BCUT2D eigenvalue weighted by molar-refractivity contribution is 9.10. The van der Waals surface area contributed by atoms with E-state index in [0.29, 0.717) is 23.3 Å². The van der Waals surface area contributed by atoms with Crippen molar-refractivity contribution < 1.29 is 4.74 Å². The van der Waals surface area contributed by atoms with E-state index in [1.54, 1.807) is 19.4 Å². The lowest BCUT2D eigenvalue weighted by atomic mass is 10.4. The summed E-state index contributed by atoms with van der Waals surface area (Å²) in [6.07, 6.45) is 1.60. The number of hydrogen-bond donors (Lipinski definition) is 1. The zero-order chi connectivity index (χ0) is 9.84. The molecule has 1 aromatic heterocycles. The summed E-state index contributed by atoms with van der Waals surface area (Å²) >= 11 is 3.13. The van der Waals surface area contributed by atoms with E-state index in [2.05, 4.69) is 15.9 Å². The van der Waals surface area contributed by atoms with Crippen LogP contribution in [-0.4, -0.2) is 18.3 Å². The van der Waals surface area contributed by atoms with E-state index in [9.17, 15) is 4.79 Å². The van der Waals surface area contributed by atoms with E-state index in [1.165, 1.54) is 4.57 Å². The summed E-state index contributed by atoms with van der Waals surface area (Å²) in [7, 11) is 1.59. The van der Waals surface area contributed by atoms with Gasteiger partial charge in [-0.25, -0.2) is 0 Å². The highest BCUT2D eigenvalue weighted by atomic mass is 79.9. The summed E-state index contributed by atoms with van der Waals surface area (Å²) in [5.41, 5.74) is 6.04. The number of nitrogens with zero attached hydrogens (tertiary/aromatic N) is 1. The summed E-state index contributed by atoms with van der Waals surface area (Å²) in [6.45, 7) is 1.01. The van der Waals surface area contributed by atoms with Gasteiger partial charge in [0.1, 0.15) is 0 Å². The average molecular weight is 247 g/mol. The van der Waals surface area contributed by atoms with Gasteiger partial charge in [0.25, 0.3) is 5.56 Å². The molecule has 0 atom stereocenters. The third-order valence-electron chi connectivity index (χ3n) is 1.60. The Morgan fingerprint density at radius 1 is 1.69 bits per heavy atom. The van der Waals surface area contributed by atoms with Crippen molar-refractivity contribution in [3.8, 4) is 0 Å². The van der Waals surface area contributed by atoms with E-state index in [1.807, 2.05) is 0 Å². The van der Waals surface area contributed by atoms with Gasteiger partial charge in [0.2, 0.25) is 0 Å². The Bertz CT molecular complexity index is 348. The molecule has 0 fully saturated rings. The van der Waals surface area contributed by atoms with Crippen LogP contribution in [0.5, 0.6) is 0 Å². The monoisotopic (exact) mass is 246 g/mol. The van der Waals surface area contributed by atoms with Crippen molar-refractivity contribution in [2.24, 2.45) is 0 Å². The largest absolute Gasteiger partial charge is 0.398 e. The van der Waals surface area contributed by atoms with Gasteiger partial charge in [0, 0.05) is 25.5 Å². The van der Waals surface area contributed by atoms with Crippen LogP contribution in [0.1, 0.15) is 0 Å². The molecule has 4 nitrogen and oxygen atoms in total. The number of nitrogen functional groups attached to an aromatic ring is 1. The van der Waals surface area contributed by atoms with Crippen LogP contribution < -0.4 is 11.3 Å². The van der Waals surface area contributed by atoms with Gasteiger partial charge in [0.05, 0.1) is 11.1 Å². The lowest BCUT2D eigenvalue weighted by Crippen LogP contribution is -2.22. The standard InChI is InChI=1S/C8H11BrN2O2/c1-13-3-2-11-5-6(10)4-7(9)8(11)12/h4-5H,2-3,10H2,1H3. The Hall–Kier alpha value is -0.810. The maximum atomic E-state index is 11.4. The van der Waals surface area contributed by atoms with E-state index < -0.39 is 0 Å². The minimum absolute atomic E-state index is 0.0914. The number of rotatable bonds is 3. The van der Waals surface area contributed by atoms with Gasteiger partial charge in [-0.1, -0.05) is 0 Å². The van der Waals surface area contributed by atoms with E-state index in [0.717, 1.165) is 0 Å². The molecule has 2 N–H and O–H groups in total. The molecule has 5 heteroatoms. The summed E-state index contributed by atoms with van der Waals surface area (Å²) in [5, 5.41) is 0. The molecule has 1 heterocycles. The molecule has 1 aromatic rings. The van der Waals surface area contributed by atoms with Crippen LogP contribution in [0.2, 0.25) is 0 Å². The first kappa shape index (κ1) is 10.3. The third-order valence-corrected chi connectivity index (χ3v) is 2.17. The Kier molecular flexibility index (Phi) is 3.50. The topological polar surface area (TPSA) is 57.2 Å². The van der Waals surface area contributed by atoms with Gasteiger partial charge < -0.3 is 15.0 Å². The van der Waals surface area contributed by atoms with Crippen molar-refractivity contribution in [3.05, 3.63) is 27.1 Å². The predicted octanol–water partition coefficient (Wildman–Crippen LogP) is 0.839. The molecule has 0 radical (unpaired) electrons. The molecule has 1 rings (SSSR count). The van der Waals surface area contributed by atoms with Gasteiger partial charge in [-0.3, -0.25) is 4.79 Å². The lowest BCUT2D eigenvalue weighted by molar-refractivity contribution is 0.186. The van der Waals surface area contributed by atoms with Crippen molar-refractivity contribution in [2.45, 2.75) is 6.54 Å². The van der Waals surface area contributed by atoms with Crippen molar-refractivity contribution in [3.63, 3.8) is 0 Å². The number of anilines is 1. The average Bonchev–Trinajstić information content (AvgIpc) is 2.09. The lowest BCUT2D eigenvalue weighted by Gasteiger charge is -2.06. The van der Waals surface area contributed by atoms with Crippen LogP contribution in [0.25, 0.3) is 0 Å². The van der Waals surface area contributed by atoms with Crippen LogP contribution in [0.3, 0.4) is 0 Å². The van der Waals surface area contributed by atoms with Crippen LogP contribution in [0.4, 0.5) is 5.69 Å². The molecular formula is C8H11BrN2O2. The maximum Gasteiger partial charge on any atom is 0.265 e. The molecule has 13 heavy (non-hydrogen) atoms. The van der Waals surface area contributed by atoms with Gasteiger partial charge in [0.15, 0.2) is 0 Å². The quantitative estimate of drug-likeness (QED) is 0.860. The molecule has 0 aliphatic heterocycles. The molecule has 0 aromatic carbocycles. The Balaban J connectivity index is 2.99. The summed E-state index contributed by atoms with van der Waals surface area (Å²) in [6, 6.07) is 1.59. The molecule has 72 valence electrons. The van der Waals surface area contributed by atoms with Gasteiger partial charge in [-0.15, -0.1) is 0 Å². The Morgan fingerprint density at radius 2 is 2.38 bits per heavy atom. The zero-order valence-corrected chi connectivity index (χ0v) is 8.87. The Morgan fingerprint density at radius 3 is 3.00 bits per heavy atom. The second-order valence-electron chi connectivity index (χ2n) is 2.61. The number of hydrogen-bond acceptors (Lipinski definition) is 3. The number of aromatic nitrogens is 1. The second-order valence-corrected chi connectivity index (χ2v) is 3.47. The first-order valence-corrected chi connectivity index (χ1v) is 4.59. The van der Waals surface area contributed by atoms with Crippen LogP contribution in [-0.2, 0) is 11.3 Å². The normalized spacial score (nSPS) is 10.3. The van der Waals surface area contributed by atoms with Gasteiger partial charge >= 0.3 is 0 Å². The van der Waals surface area contributed by atoms with Crippen LogP contribution in [0, 0.1) is 0 Å². The van der Waals surface area contributed by atoms with Crippen LogP contribution >= 0.6 is 15.9 Å². The molecular weight excluding hydrogens is 236 g/mol. The third kappa shape index (κ3) is 2.57. The molecule has 0 unspecified atom stereocenters. The molecule has 0 aliphatic rings. The fourth-order valence-electron chi connectivity index (χ4n) is 0.977. The fraction of sp³-hybridized carbons (Fsp3) is 0.375. The van der Waals surface area contributed by atoms with Crippen LogP contribution in [0.15, 0.2) is 21.5 Å². The van der Waals surface area contributed by atoms with Gasteiger partial charge in [-0.2, -0.15) is 0 Å². The van der Waals surface area contributed by atoms with E-state index in [4.69, 9.17) is 10.5 Å². The summed E-state index contributed by atoms with van der Waals surface area (Å²) in [4.78, 5) is 11.4. The minimum Gasteiger partial charge on any atom is -0.398 e. The number of halogens is 1. The van der Waals surface area contributed by atoms with Crippen molar-refractivity contribution >= 4 is 21.6 Å². The maximum absolute atomic E-state index is 11.4. The molecule has 0 spiro atoms. The SMILES string of the molecule is COCCn1cc(N)cc(Br)c1=O. The van der Waals surface area contributed by atoms with E-state index >= 15 is 0 Å². The summed E-state index contributed by atoms with van der Waals surface area (Å²) < 4.78 is 6.86. The molecule has 0 bridgehead atoms. The zero-order valence-electron chi connectivity index (χ0n) is 7.29. The predicted molar refractivity (Wildman–Crippen MR) is 54.7 cm³/mol. The van der Waals surface area contributed by atoms with E-state index in [-0.39, 0.29) is 5.56 Å². The molecule has 0 saturated carbocycles. The number of nitrogens with two attached hydrogens (primary N) is 1.